The zero-order valence-corrected chi connectivity index (χ0v) is 22.0. The van der Waals surface area contributed by atoms with E-state index >= 15 is 0 Å². The molecule has 186 valence electrons. The van der Waals surface area contributed by atoms with E-state index < -0.39 is 29.5 Å². The molecule has 0 radical (unpaired) electrons. The van der Waals surface area contributed by atoms with Gasteiger partial charge in [0.1, 0.15) is 10.6 Å². The van der Waals surface area contributed by atoms with Gasteiger partial charge in [0.2, 0.25) is 0 Å². The van der Waals surface area contributed by atoms with Gasteiger partial charge in [-0.15, -0.1) is 4.79 Å². The van der Waals surface area contributed by atoms with E-state index in [-0.39, 0.29) is 22.1 Å². The Hall–Kier alpha value is -3.00. The van der Waals surface area contributed by atoms with Crippen molar-refractivity contribution in [1.82, 2.24) is 0 Å². The number of benzene rings is 3. The van der Waals surface area contributed by atoms with E-state index in [4.69, 9.17) is 4.74 Å². The van der Waals surface area contributed by atoms with Gasteiger partial charge < -0.3 is 10.3 Å². The summed E-state index contributed by atoms with van der Waals surface area (Å²) in [4.78, 5) is 2.16. The summed E-state index contributed by atoms with van der Waals surface area (Å²) in [7, 11) is -9.47. The number of hydrogen-bond acceptors (Lipinski definition) is 5. The maximum absolute atomic E-state index is 13.7. The highest BCUT2D eigenvalue weighted by Gasteiger charge is 2.45. The number of rotatable bonds is 7. The summed E-state index contributed by atoms with van der Waals surface area (Å²) in [6.45, 7) is 8.04. The molecule has 0 saturated carbocycles. The van der Waals surface area contributed by atoms with Crippen LogP contribution in [0, 0.1) is 0 Å². The molecule has 3 aromatic rings. The summed E-state index contributed by atoms with van der Waals surface area (Å²) in [5.74, 6) is 0.0176. The molecule has 0 aliphatic carbocycles. The highest BCUT2D eigenvalue weighted by Crippen LogP contribution is 2.34. The normalized spacial score (nSPS) is 12.3. The smallest absolute Gasteiger partial charge is 0.492 e. The molecule has 0 aliphatic heterocycles. The van der Waals surface area contributed by atoms with E-state index in [1.165, 1.54) is 24.3 Å². The van der Waals surface area contributed by atoms with Crippen LogP contribution < -0.4 is 4.74 Å². The lowest BCUT2D eigenvalue weighted by Crippen LogP contribution is -2.27. The second kappa shape index (κ2) is 10.3. The standard InChI is InChI=1S/C26H30N2O5S2/c1-5-6-9-16-33-23-15-13-21(26(2,3)4)18-24(23)35(31,32)25(28-27)34(29,30)22-14-12-19-10-7-8-11-20(19)17-22/h7-8,10-15,17-18H,5-6,9,16H2,1-4H3. The Bertz CT molecular complexity index is 1500. The van der Waals surface area contributed by atoms with Gasteiger partial charge in [0.25, 0.3) is 19.7 Å². The predicted octanol–water partition coefficient (Wildman–Crippen LogP) is 5.54. The molecule has 0 saturated heterocycles. The van der Waals surface area contributed by atoms with E-state index in [9.17, 15) is 22.4 Å². The zero-order chi connectivity index (χ0) is 25.9. The minimum Gasteiger partial charge on any atom is -0.492 e. The SMILES string of the molecule is CCCCCOc1ccc(C(C)(C)C)cc1S(=O)(=O)C(=[N+]=[N-])S(=O)(=O)c1ccc2ccccc2c1. The Labute approximate surface area is 207 Å². The first-order chi connectivity index (χ1) is 16.4. The molecule has 0 N–H and O–H groups in total. The first kappa shape index (κ1) is 26.6. The molecule has 0 heterocycles. The molecule has 3 aromatic carbocycles. The minimum absolute atomic E-state index is 0.0176. The van der Waals surface area contributed by atoms with E-state index in [1.54, 1.807) is 24.3 Å². The monoisotopic (exact) mass is 514 g/mol. The van der Waals surface area contributed by atoms with Gasteiger partial charge >= 0.3 is 4.38 Å². The molecule has 9 heteroatoms. The highest BCUT2D eigenvalue weighted by molar-refractivity contribution is 8.31. The van der Waals surface area contributed by atoms with Gasteiger partial charge in [-0.25, -0.2) is 16.8 Å². The van der Waals surface area contributed by atoms with Gasteiger partial charge in [-0.3, -0.25) is 0 Å². The van der Waals surface area contributed by atoms with E-state index in [1.807, 2.05) is 39.8 Å². The van der Waals surface area contributed by atoms with Gasteiger partial charge in [-0.2, -0.15) is 0 Å². The molecule has 0 unspecified atom stereocenters. The molecular weight excluding hydrogens is 484 g/mol. The van der Waals surface area contributed by atoms with Crippen molar-refractivity contribution in [3.05, 3.63) is 71.8 Å². The van der Waals surface area contributed by atoms with Crippen molar-refractivity contribution < 1.29 is 26.4 Å². The number of fused-ring (bicyclic) bond motifs is 1. The fourth-order valence-corrected chi connectivity index (χ4v) is 7.14. The highest BCUT2D eigenvalue weighted by atomic mass is 32.3. The summed E-state index contributed by atoms with van der Waals surface area (Å²) >= 11 is 0. The molecule has 0 fully saturated rings. The fraction of sp³-hybridized carbons (Fsp3) is 0.346. The molecule has 0 spiro atoms. The Morgan fingerprint density at radius 1 is 0.886 bits per heavy atom. The van der Waals surface area contributed by atoms with Gasteiger partial charge in [0.15, 0.2) is 0 Å². The largest absolute Gasteiger partial charge is 0.504 e. The van der Waals surface area contributed by atoms with Crippen LogP contribution in [0.5, 0.6) is 5.75 Å². The number of ether oxygens (including phenoxy) is 1. The van der Waals surface area contributed by atoms with Crippen LogP contribution in [0.2, 0.25) is 0 Å². The Morgan fingerprint density at radius 2 is 1.57 bits per heavy atom. The van der Waals surface area contributed by atoms with Crippen molar-refractivity contribution in [2.75, 3.05) is 6.61 Å². The van der Waals surface area contributed by atoms with Crippen molar-refractivity contribution in [3.63, 3.8) is 0 Å². The van der Waals surface area contributed by atoms with Crippen LogP contribution in [0.3, 0.4) is 0 Å². The van der Waals surface area contributed by atoms with Crippen molar-refractivity contribution in [1.29, 1.82) is 0 Å². The third-order valence-corrected chi connectivity index (χ3v) is 9.85. The first-order valence-corrected chi connectivity index (χ1v) is 14.4. The molecule has 3 rings (SSSR count). The second-order valence-electron chi connectivity index (χ2n) is 9.35. The number of nitrogens with zero attached hydrogens (tertiary/aromatic N) is 2. The Kier molecular flexibility index (Phi) is 7.84. The molecule has 0 amide bonds. The molecular formula is C26H30N2O5S2. The number of unbranched alkanes of at least 4 members (excludes halogenated alkanes) is 2. The van der Waals surface area contributed by atoms with E-state index in [0.717, 1.165) is 18.2 Å². The lowest BCUT2D eigenvalue weighted by atomic mass is 9.87. The lowest BCUT2D eigenvalue weighted by molar-refractivity contribution is 0.00378. The molecule has 7 nitrogen and oxygen atoms in total. The molecule has 0 aliphatic rings. The summed E-state index contributed by atoms with van der Waals surface area (Å²) in [5.41, 5.74) is 9.93. The summed E-state index contributed by atoms with van der Waals surface area (Å²) < 4.78 is 58.6. The van der Waals surface area contributed by atoms with E-state index in [2.05, 4.69) is 4.79 Å². The number of hydrogen-bond donors (Lipinski definition) is 0. The second-order valence-corrected chi connectivity index (χ2v) is 13.3. The Balaban J connectivity index is 2.15. The zero-order valence-electron chi connectivity index (χ0n) is 20.4. The molecule has 35 heavy (non-hydrogen) atoms. The van der Waals surface area contributed by atoms with Crippen molar-refractivity contribution in [2.45, 2.75) is 62.2 Å². The first-order valence-electron chi connectivity index (χ1n) is 11.4. The van der Waals surface area contributed by atoms with Gasteiger partial charge in [0.05, 0.1) is 11.5 Å². The summed E-state index contributed by atoms with van der Waals surface area (Å²) in [5, 5.41) is 1.40. The van der Waals surface area contributed by atoms with Crippen LogP contribution in [0.4, 0.5) is 0 Å². The average molecular weight is 515 g/mol. The topological polar surface area (TPSA) is 114 Å². The van der Waals surface area contributed by atoms with Crippen molar-refractivity contribution in [2.24, 2.45) is 0 Å². The van der Waals surface area contributed by atoms with Crippen LogP contribution in [0.15, 0.2) is 70.5 Å². The summed E-state index contributed by atoms with van der Waals surface area (Å²) in [6.07, 6.45) is 2.58. The van der Waals surface area contributed by atoms with Gasteiger partial charge in [0, 0.05) is 0 Å². The third-order valence-electron chi connectivity index (χ3n) is 5.68. The van der Waals surface area contributed by atoms with E-state index in [0.29, 0.717) is 17.4 Å². The van der Waals surface area contributed by atoms with Crippen LogP contribution in [-0.4, -0.2) is 32.6 Å². The van der Waals surface area contributed by atoms with Gasteiger partial charge in [-0.05, 0) is 52.4 Å². The average Bonchev–Trinajstić information content (AvgIpc) is 2.81. The van der Waals surface area contributed by atoms with Crippen LogP contribution >= 0.6 is 0 Å². The fourth-order valence-electron chi connectivity index (χ4n) is 3.62. The minimum atomic E-state index is -4.78. The Morgan fingerprint density at radius 3 is 2.20 bits per heavy atom. The van der Waals surface area contributed by atoms with Crippen LogP contribution in [0.1, 0.15) is 52.5 Å². The van der Waals surface area contributed by atoms with Crippen LogP contribution in [0.25, 0.3) is 16.3 Å². The molecule has 0 bridgehead atoms. The maximum atomic E-state index is 13.7. The van der Waals surface area contributed by atoms with Crippen LogP contribution in [-0.2, 0) is 25.1 Å². The molecule has 0 atom stereocenters. The van der Waals surface area contributed by atoms with Crippen molar-refractivity contribution in [3.8, 4) is 5.75 Å². The predicted molar refractivity (Wildman–Crippen MR) is 137 cm³/mol. The number of sulfone groups is 2. The van der Waals surface area contributed by atoms with Crippen molar-refractivity contribution >= 4 is 34.8 Å². The quantitative estimate of drug-likeness (QED) is 0.135. The van der Waals surface area contributed by atoms with Gasteiger partial charge in [-0.1, -0.05) is 76.9 Å². The summed E-state index contributed by atoms with van der Waals surface area (Å²) in [6, 6.07) is 16.0. The molecule has 0 aromatic heterocycles. The third kappa shape index (κ3) is 5.64. The lowest BCUT2D eigenvalue weighted by Gasteiger charge is -2.21. The maximum Gasteiger partial charge on any atom is 0.504 e.